The van der Waals surface area contributed by atoms with Gasteiger partial charge in [-0.3, -0.25) is 0 Å². The van der Waals surface area contributed by atoms with Gasteiger partial charge >= 0.3 is 5.97 Å². The van der Waals surface area contributed by atoms with Gasteiger partial charge in [0.05, 0.1) is 28.7 Å². The summed E-state index contributed by atoms with van der Waals surface area (Å²) < 4.78 is 5.14. The van der Waals surface area contributed by atoms with E-state index in [0.29, 0.717) is 17.7 Å². The fourth-order valence-electron chi connectivity index (χ4n) is 2.72. The highest BCUT2D eigenvalue weighted by Crippen LogP contribution is 2.23. The van der Waals surface area contributed by atoms with Crippen molar-refractivity contribution in [3.8, 4) is 0 Å². The molecule has 0 N–H and O–H groups in total. The van der Waals surface area contributed by atoms with Crippen LogP contribution in [-0.4, -0.2) is 22.5 Å². The van der Waals surface area contributed by atoms with E-state index in [1.54, 1.807) is 13.0 Å². The summed E-state index contributed by atoms with van der Waals surface area (Å²) in [5.41, 5.74) is 4.73. The van der Waals surface area contributed by atoms with Gasteiger partial charge in [0, 0.05) is 0 Å². The zero-order valence-corrected chi connectivity index (χ0v) is 13.5. The molecule has 4 heteroatoms. The molecule has 0 aliphatic heterocycles. The van der Waals surface area contributed by atoms with Gasteiger partial charge in [0.15, 0.2) is 0 Å². The van der Waals surface area contributed by atoms with Gasteiger partial charge in [-0.15, -0.1) is 0 Å². The first-order valence-corrected chi connectivity index (χ1v) is 8.10. The number of carbonyl (C=O) groups is 1. The zero-order valence-electron chi connectivity index (χ0n) is 13.5. The number of nitrogens with zero attached hydrogens (tertiary/aromatic N) is 2. The molecular weight excluding hydrogens is 288 g/mol. The minimum Gasteiger partial charge on any atom is -0.462 e. The van der Waals surface area contributed by atoms with Crippen LogP contribution in [0.25, 0.3) is 22.1 Å². The molecule has 23 heavy (non-hydrogen) atoms. The Bertz CT molecular complexity index is 858. The predicted molar refractivity (Wildman–Crippen MR) is 91.6 cm³/mol. The van der Waals surface area contributed by atoms with Crippen LogP contribution in [0.15, 0.2) is 36.4 Å². The molecule has 0 saturated heterocycles. The molecule has 0 aliphatic carbocycles. The molecule has 0 fully saturated rings. The average Bonchev–Trinajstić information content (AvgIpc) is 2.57. The minimum absolute atomic E-state index is 0.345. The third-order valence-electron chi connectivity index (χ3n) is 3.87. The van der Waals surface area contributed by atoms with Gasteiger partial charge in [-0.05, 0) is 43.5 Å². The van der Waals surface area contributed by atoms with E-state index >= 15 is 0 Å². The number of esters is 1. The fourth-order valence-corrected chi connectivity index (χ4v) is 2.72. The molecule has 0 saturated carbocycles. The molecule has 3 aromatic rings. The van der Waals surface area contributed by atoms with Crippen LogP contribution >= 0.6 is 0 Å². The van der Waals surface area contributed by atoms with Crippen molar-refractivity contribution in [1.82, 2.24) is 9.97 Å². The molecule has 0 aliphatic rings. The highest BCUT2D eigenvalue weighted by Gasteiger charge is 2.14. The van der Waals surface area contributed by atoms with Crippen molar-refractivity contribution in [3.63, 3.8) is 0 Å². The first-order valence-electron chi connectivity index (χ1n) is 8.10. The summed E-state index contributed by atoms with van der Waals surface area (Å²) >= 11 is 0. The molecule has 0 unspecified atom stereocenters. The molecule has 3 rings (SSSR count). The van der Waals surface area contributed by atoms with E-state index in [4.69, 9.17) is 9.72 Å². The van der Waals surface area contributed by atoms with E-state index in [9.17, 15) is 4.79 Å². The van der Waals surface area contributed by atoms with E-state index in [2.05, 4.69) is 18.0 Å². The number of hydrogen-bond acceptors (Lipinski definition) is 4. The lowest BCUT2D eigenvalue weighted by atomic mass is 10.1. The summed E-state index contributed by atoms with van der Waals surface area (Å²) in [6, 6.07) is 11.5. The second-order valence-corrected chi connectivity index (χ2v) is 5.51. The molecular formula is C19H20N2O2. The molecule has 1 aromatic heterocycles. The lowest BCUT2D eigenvalue weighted by Crippen LogP contribution is -2.06. The van der Waals surface area contributed by atoms with Crippen LogP contribution < -0.4 is 0 Å². The van der Waals surface area contributed by atoms with Crippen LogP contribution in [0.4, 0.5) is 0 Å². The summed E-state index contributed by atoms with van der Waals surface area (Å²) in [6.45, 7) is 4.32. The Labute approximate surface area is 135 Å². The van der Waals surface area contributed by atoms with Crippen molar-refractivity contribution in [2.24, 2.45) is 0 Å². The van der Waals surface area contributed by atoms with Gasteiger partial charge in [0.25, 0.3) is 0 Å². The number of benzene rings is 2. The third-order valence-corrected chi connectivity index (χ3v) is 3.87. The highest BCUT2D eigenvalue weighted by molar-refractivity contribution is 6.03. The van der Waals surface area contributed by atoms with E-state index in [-0.39, 0.29) is 5.97 Å². The van der Waals surface area contributed by atoms with Crippen LogP contribution in [0.3, 0.4) is 0 Å². The number of ether oxygens (including phenoxy) is 1. The monoisotopic (exact) mass is 308 g/mol. The number of aryl methyl sites for hydroxylation is 1. The lowest BCUT2D eigenvalue weighted by molar-refractivity contribution is 0.0528. The fraction of sp³-hybridized carbons (Fsp3) is 0.316. The third kappa shape index (κ3) is 3.02. The van der Waals surface area contributed by atoms with Crippen molar-refractivity contribution >= 4 is 28.0 Å². The normalized spacial score (nSPS) is 11.0. The van der Waals surface area contributed by atoms with Gasteiger partial charge in [-0.2, -0.15) is 0 Å². The van der Waals surface area contributed by atoms with Crippen molar-refractivity contribution in [2.75, 3.05) is 6.61 Å². The maximum absolute atomic E-state index is 12.2. The van der Waals surface area contributed by atoms with Crippen molar-refractivity contribution in [1.29, 1.82) is 0 Å². The number of rotatable bonds is 5. The summed E-state index contributed by atoms with van der Waals surface area (Å²) in [5.74, 6) is -0.349. The van der Waals surface area contributed by atoms with E-state index in [1.165, 1.54) is 5.56 Å². The van der Waals surface area contributed by atoms with Crippen LogP contribution in [0.2, 0.25) is 0 Å². The van der Waals surface area contributed by atoms with Crippen molar-refractivity contribution in [2.45, 2.75) is 33.1 Å². The Morgan fingerprint density at radius 1 is 1.00 bits per heavy atom. The van der Waals surface area contributed by atoms with Crippen molar-refractivity contribution in [3.05, 3.63) is 47.5 Å². The Balaban J connectivity index is 2.21. The van der Waals surface area contributed by atoms with E-state index < -0.39 is 0 Å². The molecule has 4 nitrogen and oxygen atoms in total. The van der Waals surface area contributed by atoms with Crippen LogP contribution in [0.1, 0.15) is 42.6 Å². The van der Waals surface area contributed by atoms with Gasteiger partial charge in [0.2, 0.25) is 0 Å². The molecule has 0 amide bonds. The quantitative estimate of drug-likeness (QED) is 0.521. The summed E-state index contributed by atoms with van der Waals surface area (Å²) in [4.78, 5) is 21.6. The van der Waals surface area contributed by atoms with E-state index in [0.717, 1.165) is 35.8 Å². The van der Waals surface area contributed by atoms with Gasteiger partial charge in [-0.25, -0.2) is 14.8 Å². The topological polar surface area (TPSA) is 52.1 Å². The second kappa shape index (κ2) is 6.73. The molecule has 1 heterocycles. The van der Waals surface area contributed by atoms with Crippen LogP contribution in [-0.2, 0) is 11.2 Å². The summed E-state index contributed by atoms with van der Waals surface area (Å²) in [7, 11) is 0. The Morgan fingerprint density at radius 2 is 1.74 bits per heavy atom. The largest absolute Gasteiger partial charge is 0.462 e. The minimum atomic E-state index is -0.349. The standard InChI is InChI=1S/C19H20N2O2/c1-3-5-8-13-9-6-11-15-17(13)21-18-14(19(22)23-4-2)10-7-12-16(18)20-15/h6-7,9-12H,3-5,8H2,1-2H3. The molecule has 0 atom stereocenters. The lowest BCUT2D eigenvalue weighted by Gasteiger charge is -2.09. The Kier molecular flexibility index (Phi) is 4.51. The van der Waals surface area contributed by atoms with E-state index in [1.807, 2.05) is 24.3 Å². The zero-order chi connectivity index (χ0) is 16.2. The first kappa shape index (κ1) is 15.4. The van der Waals surface area contributed by atoms with Crippen LogP contribution in [0.5, 0.6) is 0 Å². The number of unbranched alkanes of at least 4 members (excludes halogenated alkanes) is 1. The summed E-state index contributed by atoms with van der Waals surface area (Å²) in [5, 5.41) is 0. The van der Waals surface area contributed by atoms with Crippen molar-refractivity contribution < 1.29 is 9.53 Å². The molecule has 118 valence electrons. The Morgan fingerprint density at radius 3 is 2.48 bits per heavy atom. The van der Waals surface area contributed by atoms with Gasteiger partial charge in [-0.1, -0.05) is 31.5 Å². The number of para-hydroxylation sites is 2. The first-order chi connectivity index (χ1) is 11.2. The van der Waals surface area contributed by atoms with Gasteiger partial charge < -0.3 is 4.74 Å². The number of hydrogen-bond donors (Lipinski definition) is 0. The maximum atomic E-state index is 12.2. The molecule has 0 radical (unpaired) electrons. The molecule has 2 aromatic carbocycles. The number of aromatic nitrogens is 2. The highest BCUT2D eigenvalue weighted by atomic mass is 16.5. The smallest absolute Gasteiger partial charge is 0.340 e. The van der Waals surface area contributed by atoms with Crippen LogP contribution in [0, 0.1) is 0 Å². The molecule has 0 spiro atoms. The van der Waals surface area contributed by atoms with Gasteiger partial charge in [0.1, 0.15) is 5.52 Å². The summed E-state index contributed by atoms with van der Waals surface area (Å²) in [6.07, 6.45) is 3.21. The number of fused-ring (bicyclic) bond motifs is 2. The SMILES string of the molecule is CCCCc1cccc2nc3cccc(C(=O)OCC)c3nc12. The maximum Gasteiger partial charge on any atom is 0.340 e. The number of carbonyl (C=O) groups excluding carboxylic acids is 1. The Hall–Kier alpha value is -2.49. The predicted octanol–water partition coefficient (Wildman–Crippen LogP) is 4.30. The molecule has 0 bridgehead atoms. The second-order valence-electron chi connectivity index (χ2n) is 5.51. The average molecular weight is 308 g/mol.